The largest absolute Gasteiger partial charge is 0.382 e. The predicted octanol–water partition coefficient (Wildman–Crippen LogP) is 4.31. The molecule has 1 aliphatic heterocycles. The Kier molecular flexibility index (Phi) is 3.04. The topological polar surface area (TPSA) is 12.0 Å². The summed E-state index contributed by atoms with van der Waals surface area (Å²) in [4.78, 5) is 0. The number of para-hydroxylation sites is 1. The van der Waals surface area contributed by atoms with Crippen LogP contribution in [0.2, 0.25) is 0 Å². The number of benzene rings is 1. The number of fused-ring (bicyclic) bond motifs is 1. The second-order valence-electron chi connectivity index (χ2n) is 5.44. The molecule has 1 unspecified atom stereocenters. The van der Waals surface area contributed by atoms with Crippen molar-refractivity contribution >= 4 is 5.69 Å². The molecule has 92 valence electrons. The molecule has 1 heterocycles. The van der Waals surface area contributed by atoms with Gasteiger partial charge in [-0.05, 0) is 30.4 Å². The van der Waals surface area contributed by atoms with Gasteiger partial charge in [-0.1, -0.05) is 37.8 Å². The van der Waals surface area contributed by atoms with Crippen LogP contribution in [0, 0.1) is 11.7 Å². The van der Waals surface area contributed by atoms with E-state index in [1.165, 1.54) is 44.1 Å². The molecule has 1 aromatic carbocycles. The molecule has 3 rings (SSSR count). The van der Waals surface area contributed by atoms with Gasteiger partial charge in [0.1, 0.15) is 5.82 Å². The Morgan fingerprint density at radius 1 is 1.06 bits per heavy atom. The number of halogens is 1. The molecule has 0 amide bonds. The molecular formula is C15H20FN. The van der Waals surface area contributed by atoms with Crippen molar-refractivity contribution in [2.45, 2.75) is 44.4 Å². The van der Waals surface area contributed by atoms with Crippen LogP contribution in [0.25, 0.3) is 0 Å². The minimum Gasteiger partial charge on any atom is -0.382 e. The summed E-state index contributed by atoms with van der Waals surface area (Å²) < 4.78 is 13.6. The van der Waals surface area contributed by atoms with Gasteiger partial charge in [-0.25, -0.2) is 4.39 Å². The van der Waals surface area contributed by atoms with Gasteiger partial charge < -0.3 is 5.32 Å². The monoisotopic (exact) mass is 233 g/mol. The zero-order valence-corrected chi connectivity index (χ0v) is 10.2. The summed E-state index contributed by atoms with van der Waals surface area (Å²) in [7, 11) is 0. The minimum absolute atomic E-state index is 0.0846. The van der Waals surface area contributed by atoms with Gasteiger partial charge >= 0.3 is 0 Å². The third-order valence-corrected chi connectivity index (χ3v) is 4.41. The molecule has 2 heteroatoms. The number of rotatable bonds is 1. The molecule has 1 aliphatic carbocycles. The second-order valence-corrected chi connectivity index (χ2v) is 5.44. The van der Waals surface area contributed by atoms with E-state index in [0.717, 1.165) is 18.2 Å². The van der Waals surface area contributed by atoms with Crippen LogP contribution in [0.15, 0.2) is 18.2 Å². The zero-order chi connectivity index (χ0) is 11.7. The quantitative estimate of drug-likeness (QED) is 0.713. The number of nitrogens with one attached hydrogen (secondary N) is 1. The highest BCUT2D eigenvalue weighted by Gasteiger charge is 2.31. The molecule has 2 aliphatic rings. The first-order valence-corrected chi connectivity index (χ1v) is 6.88. The van der Waals surface area contributed by atoms with Gasteiger partial charge in [-0.2, -0.15) is 0 Å². The highest BCUT2D eigenvalue weighted by atomic mass is 19.1. The van der Waals surface area contributed by atoms with Gasteiger partial charge in [-0.3, -0.25) is 0 Å². The second kappa shape index (κ2) is 4.67. The normalized spacial score (nSPS) is 25.1. The summed E-state index contributed by atoms with van der Waals surface area (Å²) in [5.74, 6) is 1.21. The van der Waals surface area contributed by atoms with Crippen molar-refractivity contribution in [2.75, 3.05) is 11.9 Å². The molecule has 0 radical (unpaired) electrons. The van der Waals surface area contributed by atoms with E-state index in [0.29, 0.717) is 5.92 Å². The van der Waals surface area contributed by atoms with Crippen molar-refractivity contribution in [1.29, 1.82) is 0 Å². The molecular weight excluding hydrogens is 213 g/mol. The average Bonchev–Trinajstić information content (AvgIpc) is 2.59. The average molecular weight is 233 g/mol. The van der Waals surface area contributed by atoms with E-state index in [1.54, 1.807) is 6.07 Å². The van der Waals surface area contributed by atoms with Gasteiger partial charge in [0, 0.05) is 12.5 Å². The first-order valence-electron chi connectivity index (χ1n) is 6.88. The molecule has 1 atom stereocenters. The lowest BCUT2D eigenvalue weighted by Gasteiger charge is -2.21. The van der Waals surface area contributed by atoms with Crippen LogP contribution < -0.4 is 5.32 Å². The van der Waals surface area contributed by atoms with Crippen LogP contribution >= 0.6 is 0 Å². The maximum absolute atomic E-state index is 13.6. The van der Waals surface area contributed by atoms with Crippen LogP contribution in [0.3, 0.4) is 0 Å². The third kappa shape index (κ3) is 2.05. The first-order chi connectivity index (χ1) is 8.36. The highest BCUT2D eigenvalue weighted by Crippen LogP contribution is 2.42. The number of hydrogen-bond acceptors (Lipinski definition) is 1. The van der Waals surface area contributed by atoms with Crippen molar-refractivity contribution < 1.29 is 4.39 Å². The lowest BCUT2D eigenvalue weighted by atomic mass is 9.83. The maximum atomic E-state index is 13.6. The lowest BCUT2D eigenvalue weighted by Crippen LogP contribution is -2.14. The van der Waals surface area contributed by atoms with Gasteiger partial charge in [0.2, 0.25) is 0 Å². The van der Waals surface area contributed by atoms with Crippen molar-refractivity contribution in [1.82, 2.24) is 0 Å². The first kappa shape index (κ1) is 11.1. The standard InChI is InChI=1S/C15H20FN/c16-14-9-5-8-12-13(10-17-15(12)14)11-6-3-1-2-4-7-11/h5,8-9,11,13,17H,1-4,6-7,10H2. The van der Waals surface area contributed by atoms with Crippen molar-refractivity contribution in [3.63, 3.8) is 0 Å². The van der Waals surface area contributed by atoms with Crippen LogP contribution in [0.5, 0.6) is 0 Å². The molecule has 0 spiro atoms. The van der Waals surface area contributed by atoms with Crippen molar-refractivity contribution in [2.24, 2.45) is 5.92 Å². The highest BCUT2D eigenvalue weighted by molar-refractivity contribution is 5.58. The summed E-state index contributed by atoms with van der Waals surface area (Å²) in [5.41, 5.74) is 1.98. The van der Waals surface area contributed by atoms with Crippen LogP contribution in [0.1, 0.15) is 50.0 Å². The summed E-state index contributed by atoms with van der Waals surface area (Å²) in [6.45, 7) is 0.931. The van der Waals surface area contributed by atoms with Gasteiger partial charge in [0.05, 0.1) is 5.69 Å². The smallest absolute Gasteiger partial charge is 0.146 e. The van der Waals surface area contributed by atoms with Gasteiger partial charge in [0.25, 0.3) is 0 Å². The minimum atomic E-state index is -0.0846. The molecule has 17 heavy (non-hydrogen) atoms. The lowest BCUT2D eigenvalue weighted by molar-refractivity contribution is 0.394. The van der Waals surface area contributed by atoms with Crippen molar-refractivity contribution in [3.05, 3.63) is 29.6 Å². The summed E-state index contributed by atoms with van der Waals surface area (Å²) in [6.07, 6.45) is 8.11. The van der Waals surface area contributed by atoms with E-state index in [1.807, 2.05) is 6.07 Å². The maximum Gasteiger partial charge on any atom is 0.146 e. The molecule has 1 fully saturated rings. The Bertz CT molecular complexity index is 394. The molecule has 0 bridgehead atoms. The summed E-state index contributed by atoms with van der Waals surface area (Å²) in [5, 5.41) is 3.26. The third-order valence-electron chi connectivity index (χ3n) is 4.41. The van der Waals surface area contributed by atoms with Crippen molar-refractivity contribution in [3.8, 4) is 0 Å². The Morgan fingerprint density at radius 2 is 1.82 bits per heavy atom. The summed E-state index contributed by atoms with van der Waals surface area (Å²) >= 11 is 0. The number of hydrogen-bond donors (Lipinski definition) is 1. The van der Waals surface area contributed by atoms with E-state index in [9.17, 15) is 4.39 Å². The van der Waals surface area contributed by atoms with E-state index >= 15 is 0 Å². The Morgan fingerprint density at radius 3 is 2.59 bits per heavy atom. The Labute approximate surface area is 102 Å². The number of anilines is 1. The summed E-state index contributed by atoms with van der Waals surface area (Å²) in [6, 6.07) is 5.51. The predicted molar refractivity (Wildman–Crippen MR) is 68.8 cm³/mol. The fourth-order valence-electron chi connectivity index (χ4n) is 3.49. The van der Waals surface area contributed by atoms with E-state index < -0.39 is 0 Å². The fraction of sp³-hybridized carbons (Fsp3) is 0.600. The van der Waals surface area contributed by atoms with Gasteiger partial charge in [-0.15, -0.1) is 0 Å². The SMILES string of the molecule is Fc1cccc2c1NCC2C1CCCCCC1. The molecule has 0 saturated heterocycles. The van der Waals surface area contributed by atoms with Crippen LogP contribution in [0.4, 0.5) is 10.1 Å². The van der Waals surface area contributed by atoms with Crippen LogP contribution in [-0.2, 0) is 0 Å². The Balaban J connectivity index is 1.84. The van der Waals surface area contributed by atoms with E-state index in [-0.39, 0.29) is 5.82 Å². The fourth-order valence-corrected chi connectivity index (χ4v) is 3.49. The molecule has 1 saturated carbocycles. The zero-order valence-electron chi connectivity index (χ0n) is 10.2. The molecule has 1 nitrogen and oxygen atoms in total. The molecule has 1 N–H and O–H groups in total. The van der Waals surface area contributed by atoms with Gasteiger partial charge in [0.15, 0.2) is 0 Å². The molecule has 0 aromatic heterocycles. The van der Waals surface area contributed by atoms with Crippen LogP contribution in [-0.4, -0.2) is 6.54 Å². The molecule has 1 aromatic rings. The van der Waals surface area contributed by atoms with E-state index in [4.69, 9.17) is 0 Å². The van der Waals surface area contributed by atoms with E-state index in [2.05, 4.69) is 11.4 Å². The Hall–Kier alpha value is -1.05.